The van der Waals surface area contributed by atoms with Crippen molar-refractivity contribution in [2.24, 2.45) is 0 Å². The van der Waals surface area contributed by atoms with Gasteiger partial charge in [0.15, 0.2) is 0 Å². The summed E-state index contributed by atoms with van der Waals surface area (Å²) in [5.41, 5.74) is 2.44. The predicted molar refractivity (Wildman–Crippen MR) is 71.6 cm³/mol. The molecular weight excluding hydrogens is 192 g/mol. The zero-order valence-electron chi connectivity index (χ0n) is 9.56. The lowest BCUT2D eigenvalue weighted by Gasteiger charge is -2.27. The minimum atomic E-state index is -0.109. The molecule has 0 aliphatic carbocycles. The van der Waals surface area contributed by atoms with Crippen LogP contribution in [0.2, 0.25) is 0 Å². The van der Waals surface area contributed by atoms with Crippen LogP contribution in [0.15, 0.2) is 73.3 Å². The third kappa shape index (κ3) is 1.79. The van der Waals surface area contributed by atoms with Crippen LogP contribution in [0, 0.1) is 0 Å². The van der Waals surface area contributed by atoms with E-state index in [4.69, 9.17) is 0 Å². The first kappa shape index (κ1) is 10.7. The van der Waals surface area contributed by atoms with Gasteiger partial charge in [-0.15, -0.1) is 6.58 Å². The lowest BCUT2D eigenvalue weighted by molar-refractivity contribution is 0.726. The number of allylic oxidation sites excluding steroid dienone is 1. The standard InChI is InChI=1S/C16H16.H2/c1-3-16(2,14-10-6-4-7-11-14)15-12-8-5-9-13-15;/h3-13H,1H2,2H3;1H. The molecular formula is C16H18. The van der Waals surface area contributed by atoms with Crippen LogP contribution in [0.25, 0.3) is 0 Å². The summed E-state index contributed by atoms with van der Waals surface area (Å²) < 4.78 is 0. The fraction of sp³-hybridized carbons (Fsp3) is 0.125. The van der Waals surface area contributed by atoms with Gasteiger partial charge >= 0.3 is 0 Å². The molecule has 0 aromatic heterocycles. The van der Waals surface area contributed by atoms with Gasteiger partial charge in [-0.1, -0.05) is 66.7 Å². The maximum absolute atomic E-state index is 3.99. The molecule has 0 heteroatoms. The van der Waals surface area contributed by atoms with E-state index in [0.717, 1.165) is 0 Å². The van der Waals surface area contributed by atoms with Crippen LogP contribution < -0.4 is 0 Å². The average Bonchev–Trinajstić information content (AvgIpc) is 2.40. The maximum atomic E-state index is 3.99. The minimum absolute atomic E-state index is 0. The van der Waals surface area contributed by atoms with Gasteiger partial charge in [-0.2, -0.15) is 0 Å². The first-order chi connectivity index (χ1) is 7.77. The predicted octanol–water partition coefficient (Wildman–Crippen LogP) is 4.42. The number of rotatable bonds is 3. The summed E-state index contributed by atoms with van der Waals surface area (Å²) in [6.07, 6.45) is 2.01. The number of benzene rings is 2. The lowest BCUT2D eigenvalue weighted by Crippen LogP contribution is -2.20. The average molecular weight is 210 g/mol. The van der Waals surface area contributed by atoms with E-state index < -0.39 is 0 Å². The Balaban J connectivity index is 0.00000144. The fourth-order valence-corrected chi connectivity index (χ4v) is 1.97. The quantitative estimate of drug-likeness (QED) is 0.658. The topological polar surface area (TPSA) is 0 Å². The Hall–Kier alpha value is -1.82. The van der Waals surface area contributed by atoms with Gasteiger partial charge in [0.1, 0.15) is 0 Å². The molecule has 0 radical (unpaired) electrons. The Morgan fingerprint density at radius 2 is 1.25 bits per heavy atom. The van der Waals surface area contributed by atoms with Crippen molar-refractivity contribution >= 4 is 0 Å². The van der Waals surface area contributed by atoms with Crippen LogP contribution in [-0.2, 0) is 5.41 Å². The highest BCUT2D eigenvalue weighted by Crippen LogP contribution is 2.32. The summed E-state index contributed by atoms with van der Waals surface area (Å²) in [5, 5.41) is 0. The second-order valence-electron chi connectivity index (χ2n) is 4.14. The van der Waals surface area contributed by atoms with Crippen molar-refractivity contribution in [1.29, 1.82) is 0 Å². The Kier molecular flexibility index (Phi) is 2.91. The Morgan fingerprint density at radius 3 is 1.56 bits per heavy atom. The van der Waals surface area contributed by atoms with E-state index in [1.54, 1.807) is 0 Å². The molecule has 0 atom stereocenters. The largest absolute Gasteiger partial charge is 0.102 e. The molecule has 0 aliphatic heterocycles. The van der Waals surface area contributed by atoms with Gasteiger partial charge in [0.05, 0.1) is 0 Å². The van der Waals surface area contributed by atoms with E-state index >= 15 is 0 Å². The molecule has 2 aromatic carbocycles. The van der Waals surface area contributed by atoms with Crippen molar-refractivity contribution in [2.45, 2.75) is 12.3 Å². The van der Waals surface area contributed by atoms with Gasteiger partial charge in [-0.3, -0.25) is 0 Å². The minimum Gasteiger partial charge on any atom is -0.102 e. The molecule has 0 heterocycles. The lowest BCUT2D eigenvalue weighted by atomic mass is 9.76. The van der Waals surface area contributed by atoms with E-state index in [-0.39, 0.29) is 6.84 Å². The van der Waals surface area contributed by atoms with Crippen molar-refractivity contribution in [1.82, 2.24) is 0 Å². The summed E-state index contributed by atoms with van der Waals surface area (Å²) in [5.74, 6) is 0. The summed E-state index contributed by atoms with van der Waals surface area (Å²) in [6, 6.07) is 20.9. The Bertz CT molecular complexity index is 420. The third-order valence-electron chi connectivity index (χ3n) is 3.16. The molecule has 0 N–H and O–H groups in total. The molecule has 0 saturated heterocycles. The second-order valence-corrected chi connectivity index (χ2v) is 4.14. The SMILES string of the molecule is C=CC(C)(c1ccccc1)c1ccccc1.[HH]. The molecule has 0 bridgehead atoms. The normalized spacial score (nSPS) is 11.1. The van der Waals surface area contributed by atoms with Gasteiger partial charge in [0.25, 0.3) is 0 Å². The fourth-order valence-electron chi connectivity index (χ4n) is 1.97. The summed E-state index contributed by atoms with van der Waals surface area (Å²) >= 11 is 0. The van der Waals surface area contributed by atoms with E-state index in [1.807, 2.05) is 18.2 Å². The highest BCUT2D eigenvalue weighted by atomic mass is 14.3. The van der Waals surface area contributed by atoms with Crippen molar-refractivity contribution in [2.75, 3.05) is 0 Å². The summed E-state index contributed by atoms with van der Waals surface area (Å²) in [6.45, 7) is 6.18. The molecule has 0 unspecified atom stereocenters. The highest BCUT2D eigenvalue weighted by molar-refractivity contribution is 5.42. The van der Waals surface area contributed by atoms with E-state index in [1.165, 1.54) is 11.1 Å². The molecule has 82 valence electrons. The van der Waals surface area contributed by atoms with E-state index in [0.29, 0.717) is 0 Å². The third-order valence-corrected chi connectivity index (χ3v) is 3.16. The van der Waals surface area contributed by atoms with Gasteiger partial charge in [-0.25, -0.2) is 0 Å². The monoisotopic (exact) mass is 210 g/mol. The Morgan fingerprint density at radius 1 is 0.875 bits per heavy atom. The van der Waals surface area contributed by atoms with Crippen molar-refractivity contribution in [3.05, 3.63) is 84.4 Å². The van der Waals surface area contributed by atoms with Crippen LogP contribution in [0.4, 0.5) is 0 Å². The number of hydrogen-bond acceptors (Lipinski definition) is 0. The van der Waals surface area contributed by atoms with Crippen LogP contribution in [0.3, 0.4) is 0 Å². The molecule has 0 spiro atoms. The summed E-state index contributed by atoms with van der Waals surface area (Å²) in [7, 11) is 0. The Labute approximate surface area is 98.7 Å². The van der Waals surface area contributed by atoms with Crippen molar-refractivity contribution in [3.63, 3.8) is 0 Å². The van der Waals surface area contributed by atoms with Gasteiger partial charge < -0.3 is 0 Å². The van der Waals surface area contributed by atoms with E-state index in [9.17, 15) is 0 Å². The zero-order chi connectivity index (χ0) is 11.4. The molecule has 0 nitrogen and oxygen atoms in total. The van der Waals surface area contributed by atoms with Gasteiger partial charge in [-0.05, 0) is 18.1 Å². The van der Waals surface area contributed by atoms with Crippen LogP contribution in [0.1, 0.15) is 19.5 Å². The van der Waals surface area contributed by atoms with Crippen molar-refractivity contribution < 1.29 is 1.43 Å². The van der Waals surface area contributed by atoms with E-state index in [2.05, 4.69) is 62.0 Å². The first-order valence-electron chi connectivity index (χ1n) is 5.52. The summed E-state index contributed by atoms with van der Waals surface area (Å²) in [4.78, 5) is 0. The molecule has 0 aliphatic rings. The molecule has 0 saturated carbocycles. The van der Waals surface area contributed by atoms with Gasteiger partial charge in [0.2, 0.25) is 0 Å². The molecule has 16 heavy (non-hydrogen) atoms. The maximum Gasteiger partial charge on any atom is 0.0351 e. The molecule has 2 rings (SSSR count). The number of hydrogen-bond donors (Lipinski definition) is 0. The molecule has 2 aromatic rings. The highest BCUT2D eigenvalue weighted by Gasteiger charge is 2.24. The first-order valence-corrected chi connectivity index (χ1v) is 5.52. The van der Waals surface area contributed by atoms with Crippen LogP contribution >= 0.6 is 0 Å². The van der Waals surface area contributed by atoms with Gasteiger partial charge in [0, 0.05) is 6.84 Å². The zero-order valence-corrected chi connectivity index (χ0v) is 9.56. The van der Waals surface area contributed by atoms with Crippen LogP contribution in [0.5, 0.6) is 0 Å². The molecule has 0 fully saturated rings. The molecule has 0 amide bonds. The second kappa shape index (κ2) is 4.36. The van der Waals surface area contributed by atoms with Crippen LogP contribution in [-0.4, -0.2) is 0 Å². The van der Waals surface area contributed by atoms with Crippen molar-refractivity contribution in [3.8, 4) is 0 Å². The smallest absolute Gasteiger partial charge is 0.0351 e.